The number of carboxylic acids is 1. The van der Waals surface area contributed by atoms with Crippen LogP contribution in [0.15, 0.2) is 0 Å². The van der Waals surface area contributed by atoms with E-state index >= 15 is 0 Å². The molecule has 112 valence electrons. The molecule has 0 aromatic carbocycles. The number of nitrogens with zero attached hydrogens (tertiary/aromatic N) is 2. The van der Waals surface area contributed by atoms with Gasteiger partial charge < -0.3 is 5.11 Å². The Morgan fingerprint density at radius 3 is 2.35 bits per heavy atom. The van der Waals surface area contributed by atoms with E-state index in [0.717, 1.165) is 12.8 Å². The normalized spacial score (nSPS) is 25.8. The van der Waals surface area contributed by atoms with Crippen molar-refractivity contribution in [3.8, 4) is 0 Å². The topological polar surface area (TPSA) is 77.9 Å². The number of likely N-dealkylation sites (tertiary alicyclic amines) is 2. The first-order valence-electron chi connectivity index (χ1n) is 7.22. The van der Waals surface area contributed by atoms with Crippen LogP contribution < -0.4 is 0 Å². The Morgan fingerprint density at radius 1 is 1.30 bits per heavy atom. The third-order valence-corrected chi connectivity index (χ3v) is 4.23. The van der Waals surface area contributed by atoms with Crippen LogP contribution in [0.4, 0.5) is 0 Å². The van der Waals surface area contributed by atoms with Gasteiger partial charge in [-0.2, -0.15) is 0 Å². The van der Waals surface area contributed by atoms with Crippen LogP contribution in [0.5, 0.6) is 0 Å². The van der Waals surface area contributed by atoms with Gasteiger partial charge in [0.15, 0.2) is 0 Å². The number of hydrogen-bond donors (Lipinski definition) is 1. The van der Waals surface area contributed by atoms with Crippen molar-refractivity contribution < 1.29 is 19.5 Å². The largest absolute Gasteiger partial charge is 0.481 e. The summed E-state index contributed by atoms with van der Waals surface area (Å²) in [7, 11) is 0. The predicted octanol–water partition coefficient (Wildman–Crippen LogP) is 0.709. The molecular weight excluding hydrogens is 260 g/mol. The zero-order valence-electron chi connectivity index (χ0n) is 12.0. The fourth-order valence-corrected chi connectivity index (χ4v) is 3.18. The van der Waals surface area contributed by atoms with E-state index in [2.05, 4.69) is 0 Å². The van der Waals surface area contributed by atoms with Crippen LogP contribution in [0, 0.1) is 5.92 Å². The van der Waals surface area contributed by atoms with Gasteiger partial charge in [0.2, 0.25) is 11.8 Å². The summed E-state index contributed by atoms with van der Waals surface area (Å²) in [5, 5.41) is 8.80. The van der Waals surface area contributed by atoms with Crippen molar-refractivity contribution in [2.24, 2.45) is 5.92 Å². The summed E-state index contributed by atoms with van der Waals surface area (Å²) < 4.78 is 0. The minimum absolute atomic E-state index is 0.0930. The third-order valence-electron chi connectivity index (χ3n) is 4.23. The monoisotopic (exact) mass is 282 g/mol. The molecule has 0 bridgehead atoms. The van der Waals surface area contributed by atoms with Gasteiger partial charge in [0.05, 0.1) is 12.5 Å². The summed E-state index contributed by atoms with van der Waals surface area (Å²) in [5.41, 5.74) is 0. The highest BCUT2D eigenvalue weighted by Gasteiger charge is 2.43. The van der Waals surface area contributed by atoms with Gasteiger partial charge in [0.1, 0.15) is 0 Å². The molecule has 2 aliphatic rings. The van der Waals surface area contributed by atoms with Crippen LogP contribution in [0.25, 0.3) is 0 Å². The average molecular weight is 282 g/mol. The maximum atomic E-state index is 12.3. The van der Waals surface area contributed by atoms with Crippen LogP contribution in [-0.4, -0.2) is 57.9 Å². The number of amides is 2. The number of piperidine rings is 1. The van der Waals surface area contributed by atoms with Crippen molar-refractivity contribution in [2.75, 3.05) is 13.1 Å². The van der Waals surface area contributed by atoms with Gasteiger partial charge in [-0.05, 0) is 45.7 Å². The van der Waals surface area contributed by atoms with Crippen LogP contribution in [0.1, 0.15) is 39.5 Å². The lowest BCUT2D eigenvalue weighted by atomic mass is 9.92. The zero-order valence-corrected chi connectivity index (χ0v) is 12.0. The van der Waals surface area contributed by atoms with Crippen molar-refractivity contribution in [3.63, 3.8) is 0 Å². The van der Waals surface area contributed by atoms with Crippen molar-refractivity contribution >= 4 is 17.8 Å². The lowest BCUT2D eigenvalue weighted by Crippen LogP contribution is -2.47. The fraction of sp³-hybridized carbons (Fsp3) is 0.786. The summed E-state index contributed by atoms with van der Waals surface area (Å²) in [5.74, 6) is -0.761. The number of carbonyl (C=O) groups excluding carboxylic acids is 2. The van der Waals surface area contributed by atoms with E-state index in [1.807, 2.05) is 18.7 Å². The van der Waals surface area contributed by atoms with E-state index in [4.69, 9.17) is 5.11 Å². The first-order valence-corrected chi connectivity index (χ1v) is 7.22. The predicted molar refractivity (Wildman–Crippen MR) is 71.9 cm³/mol. The molecule has 2 heterocycles. The summed E-state index contributed by atoms with van der Waals surface area (Å²) >= 11 is 0. The second-order valence-corrected chi connectivity index (χ2v) is 5.99. The number of aliphatic carboxylic acids is 1. The molecule has 2 amide bonds. The summed E-state index contributed by atoms with van der Waals surface area (Å²) in [6.07, 6.45) is 2.03. The van der Waals surface area contributed by atoms with E-state index in [0.29, 0.717) is 13.1 Å². The van der Waals surface area contributed by atoms with Crippen LogP contribution in [0.3, 0.4) is 0 Å². The van der Waals surface area contributed by atoms with Crippen LogP contribution in [0.2, 0.25) is 0 Å². The minimum Gasteiger partial charge on any atom is -0.481 e. The van der Waals surface area contributed by atoms with Gasteiger partial charge in [-0.3, -0.25) is 24.2 Å². The number of rotatable bonds is 4. The average Bonchev–Trinajstić information content (AvgIpc) is 2.65. The van der Waals surface area contributed by atoms with Crippen LogP contribution >= 0.6 is 0 Å². The SMILES string of the molecule is CC(C)N1C(=O)CC(N2CCC(CC(=O)O)CC2)C1=O. The molecule has 6 heteroatoms. The molecule has 2 aliphatic heterocycles. The van der Waals surface area contributed by atoms with Gasteiger partial charge >= 0.3 is 5.97 Å². The van der Waals surface area contributed by atoms with E-state index in [9.17, 15) is 14.4 Å². The van der Waals surface area contributed by atoms with Gasteiger partial charge in [0, 0.05) is 12.5 Å². The van der Waals surface area contributed by atoms with E-state index < -0.39 is 5.97 Å². The highest BCUT2D eigenvalue weighted by molar-refractivity contribution is 6.05. The van der Waals surface area contributed by atoms with Crippen molar-refractivity contribution in [2.45, 2.75) is 51.6 Å². The second kappa shape index (κ2) is 5.91. The molecule has 1 N–H and O–H groups in total. The van der Waals surface area contributed by atoms with Crippen molar-refractivity contribution in [1.82, 2.24) is 9.80 Å². The zero-order chi connectivity index (χ0) is 14.9. The summed E-state index contributed by atoms with van der Waals surface area (Å²) in [4.78, 5) is 38.3. The molecule has 2 fully saturated rings. The van der Waals surface area contributed by atoms with Crippen molar-refractivity contribution in [3.05, 3.63) is 0 Å². The molecule has 0 aromatic rings. The molecule has 1 unspecified atom stereocenters. The van der Waals surface area contributed by atoms with E-state index in [1.54, 1.807) is 0 Å². The third kappa shape index (κ3) is 3.00. The van der Waals surface area contributed by atoms with Gasteiger partial charge in [-0.1, -0.05) is 0 Å². The Hall–Kier alpha value is -1.43. The maximum Gasteiger partial charge on any atom is 0.303 e. The molecule has 0 aromatic heterocycles. The first-order chi connectivity index (χ1) is 9.40. The number of carbonyl (C=O) groups is 3. The summed E-state index contributed by atoms with van der Waals surface area (Å²) in [6.45, 7) is 5.09. The Balaban J connectivity index is 1.93. The molecule has 1 atom stereocenters. The quantitative estimate of drug-likeness (QED) is 0.768. The highest BCUT2D eigenvalue weighted by atomic mass is 16.4. The smallest absolute Gasteiger partial charge is 0.303 e. The van der Waals surface area contributed by atoms with Crippen LogP contribution in [-0.2, 0) is 14.4 Å². The number of imide groups is 1. The Labute approximate surface area is 118 Å². The lowest BCUT2D eigenvalue weighted by molar-refractivity contribution is -0.142. The molecule has 20 heavy (non-hydrogen) atoms. The number of hydrogen-bond acceptors (Lipinski definition) is 4. The fourth-order valence-electron chi connectivity index (χ4n) is 3.18. The Bertz CT molecular complexity index is 413. The standard InChI is InChI=1S/C14H22N2O4/c1-9(2)16-12(17)8-11(14(16)20)15-5-3-10(4-6-15)7-13(18)19/h9-11H,3-8H2,1-2H3,(H,18,19). The highest BCUT2D eigenvalue weighted by Crippen LogP contribution is 2.27. The van der Waals surface area contributed by atoms with Gasteiger partial charge in [-0.15, -0.1) is 0 Å². The Kier molecular flexibility index (Phi) is 4.42. The molecule has 0 spiro atoms. The second-order valence-electron chi connectivity index (χ2n) is 5.99. The molecule has 0 saturated carbocycles. The minimum atomic E-state index is -0.762. The molecular formula is C14H22N2O4. The van der Waals surface area contributed by atoms with Gasteiger partial charge in [0.25, 0.3) is 0 Å². The molecule has 0 radical (unpaired) electrons. The maximum absolute atomic E-state index is 12.3. The van der Waals surface area contributed by atoms with E-state index in [1.165, 1.54) is 4.90 Å². The molecule has 6 nitrogen and oxygen atoms in total. The molecule has 2 rings (SSSR count). The lowest BCUT2D eigenvalue weighted by Gasteiger charge is -2.34. The number of carboxylic acid groups (broad SMARTS) is 1. The summed E-state index contributed by atoms with van der Waals surface area (Å²) in [6, 6.07) is -0.430. The first kappa shape index (κ1) is 15.0. The molecule has 2 saturated heterocycles. The Morgan fingerprint density at radius 2 is 1.90 bits per heavy atom. The molecule has 0 aliphatic carbocycles. The van der Waals surface area contributed by atoms with Crippen molar-refractivity contribution in [1.29, 1.82) is 0 Å². The van der Waals surface area contributed by atoms with Gasteiger partial charge in [-0.25, -0.2) is 0 Å². The van der Waals surface area contributed by atoms with E-state index in [-0.39, 0.29) is 42.7 Å².